The van der Waals surface area contributed by atoms with Crippen molar-refractivity contribution in [1.82, 2.24) is 4.98 Å². The number of hydrogen-bond acceptors (Lipinski definition) is 2. The van der Waals surface area contributed by atoms with Gasteiger partial charge in [-0.2, -0.15) is 0 Å². The lowest BCUT2D eigenvalue weighted by Crippen LogP contribution is -3.11. The number of nitrogens with one attached hydrogen (secondary N) is 1. The minimum absolute atomic E-state index is 0. The summed E-state index contributed by atoms with van der Waals surface area (Å²) in [6.45, 7) is 8.56. The van der Waals surface area contributed by atoms with Gasteiger partial charge in [0.2, 0.25) is 5.88 Å². The maximum Gasteiger partial charge on any atom is 0.232 e. The number of aromatic nitrogens is 1. The number of nitrogens with zero attached hydrogens (tertiary/aromatic N) is 1. The van der Waals surface area contributed by atoms with Gasteiger partial charge >= 0.3 is 0 Å². The van der Waals surface area contributed by atoms with Crippen molar-refractivity contribution < 1.29 is 22.0 Å². The minimum Gasteiger partial charge on any atom is -1.00 e. The first kappa shape index (κ1) is 16.5. The summed E-state index contributed by atoms with van der Waals surface area (Å²) in [5.41, 5.74) is 0. The second-order valence-electron chi connectivity index (χ2n) is 3.70. The summed E-state index contributed by atoms with van der Waals surface area (Å²) in [6, 6.07) is 3.59. The zero-order valence-corrected chi connectivity index (χ0v) is 11.9. The number of pyridine rings is 1. The molecule has 0 unspecified atom stereocenters. The monoisotopic (exact) mass is 278 g/mol. The highest BCUT2D eigenvalue weighted by atomic mass is 35.5. The molecule has 0 aliphatic carbocycles. The van der Waals surface area contributed by atoms with Crippen molar-refractivity contribution in [3.8, 4) is 5.88 Å². The molecule has 0 saturated carbocycles. The highest BCUT2D eigenvalue weighted by Crippen LogP contribution is 2.19. The summed E-state index contributed by atoms with van der Waals surface area (Å²) >= 11 is 5.93. The van der Waals surface area contributed by atoms with Crippen molar-refractivity contribution in [3.05, 3.63) is 23.4 Å². The summed E-state index contributed by atoms with van der Waals surface area (Å²) < 4.78 is 5.52. The molecule has 1 aromatic rings. The third-order valence-electron chi connectivity index (χ3n) is 2.64. The van der Waals surface area contributed by atoms with Gasteiger partial charge in [-0.15, -0.1) is 0 Å². The van der Waals surface area contributed by atoms with Crippen molar-refractivity contribution in [2.24, 2.45) is 0 Å². The van der Waals surface area contributed by atoms with E-state index in [4.69, 9.17) is 16.3 Å². The van der Waals surface area contributed by atoms with Crippen molar-refractivity contribution in [2.75, 3.05) is 26.2 Å². The topological polar surface area (TPSA) is 26.6 Å². The van der Waals surface area contributed by atoms with Crippen LogP contribution in [0.15, 0.2) is 18.3 Å². The van der Waals surface area contributed by atoms with Gasteiger partial charge in [-0.1, -0.05) is 11.6 Å². The first-order valence-corrected chi connectivity index (χ1v) is 6.22. The predicted molar refractivity (Wildman–Crippen MR) is 66.3 cm³/mol. The van der Waals surface area contributed by atoms with Crippen LogP contribution in [0, 0.1) is 0 Å². The fraction of sp³-hybridized carbons (Fsp3) is 0.583. The van der Waals surface area contributed by atoms with Crippen LogP contribution >= 0.6 is 11.6 Å². The van der Waals surface area contributed by atoms with Gasteiger partial charge in [-0.3, -0.25) is 0 Å². The summed E-state index contributed by atoms with van der Waals surface area (Å²) in [4.78, 5) is 5.67. The minimum atomic E-state index is 0. The van der Waals surface area contributed by atoms with Crippen LogP contribution < -0.4 is 22.0 Å². The van der Waals surface area contributed by atoms with Gasteiger partial charge in [-0.25, -0.2) is 4.98 Å². The predicted octanol–water partition coefficient (Wildman–Crippen LogP) is -1.57. The average Bonchev–Trinajstić information content (AvgIpc) is 2.31. The van der Waals surface area contributed by atoms with Crippen molar-refractivity contribution in [1.29, 1.82) is 0 Å². The summed E-state index contributed by atoms with van der Waals surface area (Å²) in [7, 11) is 0. The van der Waals surface area contributed by atoms with E-state index < -0.39 is 0 Å². The number of quaternary nitrogens is 1. The Bertz CT molecular complexity index is 306. The molecule has 0 saturated heterocycles. The fourth-order valence-electron chi connectivity index (χ4n) is 1.57. The Labute approximate surface area is 115 Å². The van der Waals surface area contributed by atoms with Gasteiger partial charge in [0.25, 0.3) is 0 Å². The highest BCUT2D eigenvalue weighted by Gasteiger charge is 2.04. The molecule has 3 nitrogen and oxygen atoms in total. The van der Waals surface area contributed by atoms with Crippen LogP contribution in [0.4, 0.5) is 0 Å². The Kier molecular flexibility index (Phi) is 9.23. The van der Waals surface area contributed by atoms with Gasteiger partial charge < -0.3 is 22.0 Å². The molecule has 98 valence electrons. The molecule has 0 amide bonds. The molecule has 0 fully saturated rings. The molecule has 0 aliphatic heterocycles. The SMILES string of the molecule is CC[NH+](CC)CCCOc1ncccc1Cl.[Cl-]. The van der Waals surface area contributed by atoms with Crippen molar-refractivity contribution in [2.45, 2.75) is 20.3 Å². The molecule has 5 heteroatoms. The third-order valence-corrected chi connectivity index (χ3v) is 2.93. The Morgan fingerprint density at radius 2 is 2.06 bits per heavy atom. The fourth-order valence-corrected chi connectivity index (χ4v) is 1.75. The van der Waals surface area contributed by atoms with E-state index in [2.05, 4.69) is 18.8 Å². The summed E-state index contributed by atoms with van der Waals surface area (Å²) in [6.07, 6.45) is 2.72. The first-order chi connectivity index (χ1) is 7.77. The molecule has 1 rings (SSSR count). The van der Waals surface area contributed by atoms with Crippen LogP contribution in [0.1, 0.15) is 20.3 Å². The van der Waals surface area contributed by atoms with Crippen molar-refractivity contribution >= 4 is 11.6 Å². The summed E-state index contributed by atoms with van der Waals surface area (Å²) in [5.74, 6) is 0.540. The van der Waals surface area contributed by atoms with E-state index >= 15 is 0 Å². The normalized spacial score (nSPS) is 10.1. The Morgan fingerprint density at radius 3 is 2.65 bits per heavy atom. The highest BCUT2D eigenvalue weighted by molar-refractivity contribution is 6.31. The lowest BCUT2D eigenvalue weighted by atomic mass is 10.4. The maximum absolute atomic E-state index is 5.93. The molecule has 1 N–H and O–H groups in total. The molecular formula is C12H20Cl2N2O. The molecule has 17 heavy (non-hydrogen) atoms. The molecule has 0 bridgehead atoms. The summed E-state index contributed by atoms with van der Waals surface area (Å²) in [5, 5.41) is 0.581. The second-order valence-corrected chi connectivity index (χ2v) is 4.11. The quantitative estimate of drug-likeness (QED) is 0.611. The van der Waals surface area contributed by atoms with E-state index in [-0.39, 0.29) is 12.4 Å². The van der Waals surface area contributed by atoms with Gasteiger partial charge in [0.1, 0.15) is 5.02 Å². The zero-order valence-electron chi connectivity index (χ0n) is 10.4. The molecule has 0 atom stereocenters. The Hall–Kier alpha value is -0.510. The molecule has 1 aromatic heterocycles. The number of rotatable bonds is 7. The number of halogens is 2. The number of ether oxygens (including phenoxy) is 1. The standard InChI is InChI=1S/C12H19ClN2O.ClH/c1-3-15(4-2)9-6-10-16-12-11(13)7-5-8-14-12;/h5,7-8H,3-4,6,9-10H2,1-2H3;1H. The van der Waals surface area contributed by atoms with Crippen LogP contribution in [0.3, 0.4) is 0 Å². The average molecular weight is 279 g/mol. The van der Waals surface area contributed by atoms with Gasteiger partial charge in [0, 0.05) is 12.6 Å². The third kappa shape index (κ3) is 6.10. The van der Waals surface area contributed by atoms with E-state index in [1.165, 1.54) is 13.1 Å². The molecule has 0 spiro atoms. The van der Waals surface area contributed by atoms with Gasteiger partial charge in [-0.05, 0) is 26.0 Å². The lowest BCUT2D eigenvalue weighted by Gasteiger charge is -2.15. The van der Waals surface area contributed by atoms with Crippen LogP contribution in [0.25, 0.3) is 0 Å². The van der Waals surface area contributed by atoms with Crippen LogP contribution in [-0.4, -0.2) is 31.2 Å². The lowest BCUT2D eigenvalue weighted by molar-refractivity contribution is -0.896. The zero-order chi connectivity index (χ0) is 11.8. The molecule has 0 aromatic carbocycles. The first-order valence-electron chi connectivity index (χ1n) is 5.84. The molecule has 0 radical (unpaired) electrons. The van der Waals surface area contributed by atoms with E-state index in [9.17, 15) is 0 Å². The largest absolute Gasteiger partial charge is 1.00 e. The smallest absolute Gasteiger partial charge is 0.232 e. The van der Waals surface area contributed by atoms with Gasteiger partial charge in [0.15, 0.2) is 0 Å². The Balaban J connectivity index is 0.00000256. The molecular weight excluding hydrogens is 259 g/mol. The van der Waals surface area contributed by atoms with E-state index in [1.807, 2.05) is 0 Å². The van der Waals surface area contributed by atoms with Crippen LogP contribution in [-0.2, 0) is 0 Å². The second kappa shape index (κ2) is 9.51. The van der Waals surface area contributed by atoms with Gasteiger partial charge in [0.05, 0.1) is 26.2 Å². The van der Waals surface area contributed by atoms with Crippen molar-refractivity contribution in [3.63, 3.8) is 0 Å². The van der Waals surface area contributed by atoms with E-state index in [1.54, 1.807) is 23.2 Å². The van der Waals surface area contributed by atoms with Crippen LogP contribution in [0.5, 0.6) is 5.88 Å². The van der Waals surface area contributed by atoms with E-state index in [0.717, 1.165) is 13.0 Å². The Morgan fingerprint density at radius 1 is 1.35 bits per heavy atom. The molecule has 1 heterocycles. The van der Waals surface area contributed by atoms with Crippen LogP contribution in [0.2, 0.25) is 5.02 Å². The van der Waals surface area contributed by atoms with E-state index in [0.29, 0.717) is 17.5 Å². The maximum atomic E-state index is 5.93. The number of hydrogen-bond donors (Lipinski definition) is 1. The molecule has 0 aliphatic rings.